The summed E-state index contributed by atoms with van der Waals surface area (Å²) in [6, 6.07) is 7.99. The molecule has 1 aromatic carbocycles. The first-order valence-electron chi connectivity index (χ1n) is 20.3. The summed E-state index contributed by atoms with van der Waals surface area (Å²) in [5.74, 6) is 2.10. The summed E-state index contributed by atoms with van der Waals surface area (Å²) in [6.07, 6.45) is 12.5. The lowest BCUT2D eigenvalue weighted by Gasteiger charge is -2.72. The van der Waals surface area contributed by atoms with Crippen LogP contribution in [0.25, 0.3) is 5.57 Å². The molecule has 0 spiro atoms. The van der Waals surface area contributed by atoms with Crippen molar-refractivity contribution in [2.24, 2.45) is 51.2 Å². The van der Waals surface area contributed by atoms with Crippen LogP contribution in [0.15, 0.2) is 30.3 Å². The van der Waals surface area contributed by atoms with Gasteiger partial charge in [-0.05, 0) is 139 Å². The van der Waals surface area contributed by atoms with E-state index >= 15 is 0 Å². The van der Waals surface area contributed by atoms with Crippen molar-refractivity contribution in [3.63, 3.8) is 0 Å². The molecule has 52 heavy (non-hydrogen) atoms. The summed E-state index contributed by atoms with van der Waals surface area (Å²) < 4.78 is 29.1. The first-order valence-corrected chi connectivity index (χ1v) is 22.1. The Bertz CT molecular complexity index is 1660. The van der Waals surface area contributed by atoms with Gasteiger partial charge in [-0.15, -0.1) is 0 Å². The van der Waals surface area contributed by atoms with Crippen molar-refractivity contribution < 1.29 is 28.2 Å². The molecule has 3 N–H and O–H groups in total. The number of hydrogen-bond donors (Lipinski definition) is 3. The van der Waals surface area contributed by atoms with E-state index in [-0.39, 0.29) is 63.1 Å². The van der Waals surface area contributed by atoms with Gasteiger partial charge in [0.05, 0.1) is 36.4 Å². The molecular formula is C43H66N2O6S. The van der Waals surface area contributed by atoms with E-state index in [9.17, 15) is 23.4 Å². The summed E-state index contributed by atoms with van der Waals surface area (Å²) in [5.41, 5.74) is 2.41. The van der Waals surface area contributed by atoms with Crippen LogP contribution in [0, 0.1) is 51.2 Å². The zero-order valence-corrected chi connectivity index (χ0v) is 33.8. The molecular weight excluding hydrogens is 673 g/mol. The monoisotopic (exact) mass is 738 g/mol. The fraction of sp³-hybridized carbons (Fsp3) is 0.791. The largest absolute Gasteiger partial charge is 0.465 e. The van der Waals surface area contributed by atoms with Gasteiger partial charge in [0.1, 0.15) is 0 Å². The Morgan fingerprint density at radius 3 is 2.29 bits per heavy atom. The van der Waals surface area contributed by atoms with Gasteiger partial charge in [0.2, 0.25) is 0 Å². The minimum Gasteiger partial charge on any atom is -0.465 e. The number of rotatable bonds is 8. The lowest BCUT2D eigenvalue weighted by molar-refractivity contribution is -0.227. The molecule has 1 aliphatic heterocycles. The number of allylic oxidation sites excluding steroid dienone is 2. The molecule has 5 aliphatic carbocycles. The Hall–Kier alpha value is -1.78. The van der Waals surface area contributed by atoms with Gasteiger partial charge in [0, 0.05) is 31.7 Å². The van der Waals surface area contributed by atoms with Gasteiger partial charge in [-0.2, -0.15) is 0 Å². The number of methoxy groups -OCH3 is 1. The maximum atomic E-state index is 12.2. The third-order valence-corrected chi connectivity index (χ3v) is 18.7. The first kappa shape index (κ1) is 38.5. The van der Waals surface area contributed by atoms with Crippen molar-refractivity contribution in [2.75, 3.05) is 51.4 Å². The van der Waals surface area contributed by atoms with Gasteiger partial charge in [0.15, 0.2) is 9.84 Å². The zero-order valence-electron chi connectivity index (χ0n) is 33.0. The number of hydrogen-bond acceptors (Lipinski definition) is 8. The molecule has 10 atom stereocenters. The standard InChI is InChI=1S/C43H66N2O6S/c1-38(2)31(29-8-10-30(11-9-29)37(47)51-7)14-17-39(3)34(38)16-18-41(5)35(39)13-12-32-36-33(42(6,48)28-46)15-19-43(36,21-20-40(32,41)4)44-22-23-45-24-26-52(49,50)27-25-45/h8-11,14,32-36,44,46,48H,12-13,15-28H2,1-7H3. The van der Waals surface area contributed by atoms with Crippen molar-refractivity contribution in [2.45, 2.75) is 110 Å². The van der Waals surface area contributed by atoms with E-state index < -0.39 is 15.4 Å². The SMILES string of the molecule is COC(=O)c1ccc(C2=CCC3(C)C(CCC4(C)C3CCC3C5C(C(C)(O)CO)CCC5(NCCN5CCS(=O)(=O)CC5)CCC34C)C2(C)C)cc1. The van der Waals surface area contributed by atoms with E-state index in [4.69, 9.17) is 4.74 Å². The summed E-state index contributed by atoms with van der Waals surface area (Å²) in [5, 5.41) is 26.4. The van der Waals surface area contributed by atoms with Crippen molar-refractivity contribution in [3.8, 4) is 0 Å². The number of benzene rings is 1. The average Bonchev–Trinajstić information content (AvgIpc) is 3.49. The molecule has 1 aromatic rings. The molecule has 7 rings (SSSR count). The van der Waals surface area contributed by atoms with Gasteiger partial charge in [-0.1, -0.05) is 52.8 Å². The summed E-state index contributed by atoms with van der Waals surface area (Å²) in [4.78, 5) is 14.4. The normalized spacial score (nSPS) is 42.1. The minimum atomic E-state index is -2.91. The number of fused-ring (bicyclic) bond motifs is 7. The summed E-state index contributed by atoms with van der Waals surface area (Å²) >= 11 is 0. The Labute approximate surface area is 313 Å². The van der Waals surface area contributed by atoms with Crippen LogP contribution in [-0.2, 0) is 14.6 Å². The van der Waals surface area contributed by atoms with E-state index in [0.29, 0.717) is 36.4 Å². The molecule has 1 heterocycles. The first-order chi connectivity index (χ1) is 24.4. The van der Waals surface area contributed by atoms with Crippen LogP contribution >= 0.6 is 0 Å². The second-order valence-electron chi connectivity index (χ2n) is 19.5. The molecule has 0 amide bonds. The van der Waals surface area contributed by atoms with Crippen molar-refractivity contribution in [3.05, 3.63) is 41.5 Å². The van der Waals surface area contributed by atoms with E-state index in [0.717, 1.165) is 45.2 Å². The van der Waals surface area contributed by atoms with Gasteiger partial charge in [-0.3, -0.25) is 0 Å². The highest BCUT2D eigenvalue weighted by Crippen LogP contribution is 2.76. The van der Waals surface area contributed by atoms with E-state index in [2.05, 4.69) is 63.0 Å². The van der Waals surface area contributed by atoms with Crippen LogP contribution < -0.4 is 5.32 Å². The number of nitrogens with zero attached hydrogens (tertiary/aromatic N) is 1. The minimum absolute atomic E-state index is 0.0145. The molecule has 290 valence electrons. The number of carbonyl (C=O) groups excluding carboxylic acids is 1. The Balaban J connectivity index is 1.16. The van der Waals surface area contributed by atoms with Crippen LogP contribution in [0.4, 0.5) is 0 Å². The number of aliphatic hydroxyl groups excluding tert-OH is 1. The van der Waals surface area contributed by atoms with Gasteiger partial charge in [-0.25, -0.2) is 13.2 Å². The lowest BCUT2D eigenvalue weighted by atomic mass is 9.32. The van der Waals surface area contributed by atoms with Crippen LogP contribution in [0.5, 0.6) is 0 Å². The molecule has 6 aliphatic rings. The second kappa shape index (κ2) is 13.2. The number of sulfone groups is 1. The third kappa shape index (κ3) is 5.88. The predicted molar refractivity (Wildman–Crippen MR) is 206 cm³/mol. The van der Waals surface area contributed by atoms with Crippen molar-refractivity contribution in [1.82, 2.24) is 10.2 Å². The average molecular weight is 739 g/mol. The van der Waals surface area contributed by atoms with Crippen LogP contribution in [0.3, 0.4) is 0 Å². The molecule has 10 unspecified atom stereocenters. The number of nitrogens with one attached hydrogen (secondary N) is 1. The number of carbonyl (C=O) groups is 1. The Kier molecular flexibility index (Phi) is 9.75. The molecule has 5 fully saturated rings. The maximum absolute atomic E-state index is 12.2. The molecule has 1 saturated heterocycles. The quantitative estimate of drug-likeness (QED) is 0.264. The van der Waals surface area contributed by atoms with Crippen LogP contribution in [0.1, 0.15) is 115 Å². The number of aliphatic hydroxyl groups is 2. The van der Waals surface area contributed by atoms with Crippen molar-refractivity contribution in [1.29, 1.82) is 0 Å². The highest BCUT2D eigenvalue weighted by molar-refractivity contribution is 7.91. The topological polar surface area (TPSA) is 116 Å². The lowest BCUT2D eigenvalue weighted by Crippen LogP contribution is -2.69. The fourth-order valence-electron chi connectivity index (χ4n) is 14.2. The van der Waals surface area contributed by atoms with Gasteiger partial charge >= 0.3 is 5.97 Å². The number of ether oxygens (including phenoxy) is 1. The third-order valence-electron chi connectivity index (χ3n) is 17.1. The van der Waals surface area contributed by atoms with Crippen LogP contribution in [-0.4, -0.2) is 92.0 Å². The highest BCUT2D eigenvalue weighted by atomic mass is 32.2. The molecule has 4 saturated carbocycles. The fourth-order valence-corrected chi connectivity index (χ4v) is 15.4. The summed E-state index contributed by atoms with van der Waals surface area (Å²) in [6.45, 7) is 17.3. The van der Waals surface area contributed by atoms with E-state index in [1.165, 1.54) is 43.9 Å². The van der Waals surface area contributed by atoms with Gasteiger partial charge < -0.3 is 25.2 Å². The van der Waals surface area contributed by atoms with Crippen molar-refractivity contribution >= 4 is 21.4 Å². The molecule has 0 bridgehead atoms. The van der Waals surface area contributed by atoms with Crippen LogP contribution in [0.2, 0.25) is 0 Å². The van der Waals surface area contributed by atoms with E-state index in [1.54, 1.807) is 0 Å². The maximum Gasteiger partial charge on any atom is 0.337 e. The zero-order chi connectivity index (χ0) is 37.5. The molecule has 8 nitrogen and oxygen atoms in total. The Morgan fingerprint density at radius 2 is 1.63 bits per heavy atom. The smallest absolute Gasteiger partial charge is 0.337 e. The molecule has 0 aromatic heterocycles. The summed E-state index contributed by atoms with van der Waals surface area (Å²) in [7, 11) is -1.48. The van der Waals surface area contributed by atoms with Gasteiger partial charge in [0.25, 0.3) is 0 Å². The van der Waals surface area contributed by atoms with E-state index in [1.807, 2.05) is 19.1 Å². The molecule has 9 heteroatoms. The highest BCUT2D eigenvalue weighted by Gasteiger charge is 2.71. The molecule has 0 radical (unpaired) electrons. The second-order valence-corrected chi connectivity index (χ2v) is 21.8. The Morgan fingerprint density at radius 1 is 0.942 bits per heavy atom. The predicted octanol–water partition coefficient (Wildman–Crippen LogP) is 6.36. The number of esters is 1.